The number of hydrogen-bond donors (Lipinski definition) is 2. The second-order valence-corrected chi connectivity index (χ2v) is 7.83. The van der Waals surface area contributed by atoms with E-state index in [-0.39, 0.29) is 29.4 Å². The number of carbonyl (C=O) groups is 1. The van der Waals surface area contributed by atoms with Gasteiger partial charge in [0, 0.05) is 26.2 Å². The zero-order valence-corrected chi connectivity index (χ0v) is 14.6. The fourth-order valence-corrected chi connectivity index (χ4v) is 2.78. The molecule has 0 fully saturated rings. The number of nitrogens with zero attached hydrogens (tertiary/aromatic N) is 1. The SMILES string of the molecule is CC(C)NC(=O)CNC(C)c1ccc(S(=O)(=O)N(C)C)cc1. The zero-order chi connectivity index (χ0) is 16.9. The van der Waals surface area contributed by atoms with Crippen LogP contribution in [0.1, 0.15) is 32.4 Å². The maximum absolute atomic E-state index is 12.0. The molecule has 1 rings (SSSR count). The third-order valence-corrected chi connectivity index (χ3v) is 5.01. The van der Waals surface area contributed by atoms with Crippen molar-refractivity contribution < 1.29 is 13.2 Å². The number of sulfonamides is 1. The van der Waals surface area contributed by atoms with Gasteiger partial charge in [-0.25, -0.2) is 12.7 Å². The summed E-state index contributed by atoms with van der Waals surface area (Å²) >= 11 is 0. The number of nitrogens with one attached hydrogen (secondary N) is 2. The molecule has 7 heteroatoms. The van der Waals surface area contributed by atoms with Crippen molar-refractivity contribution in [2.75, 3.05) is 20.6 Å². The quantitative estimate of drug-likeness (QED) is 0.786. The standard InChI is InChI=1S/C15H25N3O3S/c1-11(2)17-15(19)10-16-12(3)13-6-8-14(9-7-13)22(20,21)18(4)5/h6-9,11-12,16H,10H2,1-5H3,(H,17,19). The molecule has 1 aromatic rings. The van der Waals surface area contributed by atoms with E-state index in [4.69, 9.17) is 0 Å². The average molecular weight is 327 g/mol. The molecule has 124 valence electrons. The highest BCUT2D eigenvalue weighted by molar-refractivity contribution is 7.89. The number of carbonyl (C=O) groups excluding carboxylic acids is 1. The minimum atomic E-state index is -3.41. The summed E-state index contributed by atoms with van der Waals surface area (Å²) in [6, 6.07) is 6.74. The van der Waals surface area contributed by atoms with Gasteiger partial charge >= 0.3 is 0 Å². The Labute approximate surface area is 132 Å². The Balaban J connectivity index is 2.69. The van der Waals surface area contributed by atoms with Gasteiger partial charge in [0.1, 0.15) is 0 Å². The molecule has 0 saturated carbocycles. The molecule has 2 N–H and O–H groups in total. The van der Waals surface area contributed by atoms with E-state index >= 15 is 0 Å². The van der Waals surface area contributed by atoms with Crippen molar-refractivity contribution in [1.82, 2.24) is 14.9 Å². The van der Waals surface area contributed by atoms with E-state index in [1.807, 2.05) is 20.8 Å². The molecule has 0 aliphatic carbocycles. The molecule has 1 aromatic carbocycles. The van der Waals surface area contributed by atoms with Gasteiger partial charge in [-0.15, -0.1) is 0 Å². The van der Waals surface area contributed by atoms with Crippen LogP contribution in [-0.4, -0.2) is 45.3 Å². The molecule has 0 saturated heterocycles. The minimum Gasteiger partial charge on any atom is -0.353 e. The molecule has 1 amide bonds. The summed E-state index contributed by atoms with van der Waals surface area (Å²) in [5, 5.41) is 5.92. The van der Waals surface area contributed by atoms with E-state index in [0.717, 1.165) is 5.56 Å². The van der Waals surface area contributed by atoms with Crippen LogP contribution < -0.4 is 10.6 Å². The smallest absolute Gasteiger partial charge is 0.242 e. The predicted molar refractivity (Wildman–Crippen MR) is 87.0 cm³/mol. The fourth-order valence-electron chi connectivity index (χ4n) is 1.88. The Morgan fingerprint density at radius 2 is 1.68 bits per heavy atom. The lowest BCUT2D eigenvalue weighted by atomic mass is 10.1. The molecular weight excluding hydrogens is 302 g/mol. The van der Waals surface area contributed by atoms with Crippen LogP contribution in [0.2, 0.25) is 0 Å². The van der Waals surface area contributed by atoms with E-state index in [9.17, 15) is 13.2 Å². The number of hydrogen-bond acceptors (Lipinski definition) is 4. The third-order valence-electron chi connectivity index (χ3n) is 3.18. The van der Waals surface area contributed by atoms with Crippen LogP contribution in [0, 0.1) is 0 Å². The second-order valence-electron chi connectivity index (χ2n) is 5.68. The van der Waals surface area contributed by atoms with E-state index in [1.54, 1.807) is 24.3 Å². The summed E-state index contributed by atoms with van der Waals surface area (Å²) in [6.45, 7) is 5.96. The first kappa shape index (κ1) is 18.6. The van der Waals surface area contributed by atoms with Gasteiger partial charge in [0.15, 0.2) is 0 Å². The van der Waals surface area contributed by atoms with E-state index in [2.05, 4.69) is 10.6 Å². The predicted octanol–water partition coefficient (Wildman–Crippen LogP) is 1.11. The van der Waals surface area contributed by atoms with Crippen LogP contribution in [0.4, 0.5) is 0 Å². The maximum Gasteiger partial charge on any atom is 0.242 e. The van der Waals surface area contributed by atoms with E-state index < -0.39 is 10.0 Å². The van der Waals surface area contributed by atoms with Gasteiger partial charge in [-0.05, 0) is 38.5 Å². The molecular formula is C15H25N3O3S. The normalized spacial score (nSPS) is 13.4. The summed E-state index contributed by atoms with van der Waals surface area (Å²) in [6.07, 6.45) is 0. The maximum atomic E-state index is 12.0. The Hall–Kier alpha value is -1.44. The summed E-state index contributed by atoms with van der Waals surface area (Å²) in [4.78, 5) is 11.8. The van der Waals surface area contributed by atoms with Crippen molar-refractivity contribution in [3.63, 3.8) is 0 Å². The molecule has 0 aliphatic rings. The van der Waals surface area contributed by atoms with Gasteiger partial charge in [0.25, 0.3) is 0 Å². The molecule has 0 radical (unpaired) electrons. The summed E-state index contributed by atoms with van der Waals surface area (Å²) in [5.41, 5.74) is 0.926. The number of rotatable bonds is 7. The lowest BCUT2D eigenvalue weighted by Crippen LogP contribution is -2.38. The molecule has 0 spiro atoms. The van der Waals surface area contributed by atoms with Crippen LogP contribution in [0.5, 0.6) is 0 Å². The van der Waals surface area contributed by atoms with E-state index in [0.29, 0.717) is 0 Å². The van der Waals surface area contributed by atoms with Gasteiger partial charge in [0.2, 0.25) is 15.9 Å². The molecule has 1 unspecified atom stereocenters. The molecule has 0 aliphatic heterocycles. The first-order valence-corrected chi connectivity index (χ1v) is 8.64. The van der Waals surface area contributed by atoms with Crippen LogP contribution in [-0.2, 0) is 14.8 Å². The Morgan fingerprint density at radius 3 is 2.14 bits per heavy atom. The average Bonchev–Trinajstić information content (AvgIpc) is 2.44. The summed E-state index contributed by atoms with van der Waals surface area (Å²) < 4.78 is 25.2. The zero-order valence-electron chi connectivity index (χ0n) is 13.8. The van der Waals surface area contributed by atoms with Gasteiger partial charge in [-0.2, -0.15) is 0 Å². The third kappa shape index (κ3) is 5.08. The molecule has 6 nitrogen and oxygen atoms in total. The Kier molecular flexibility index (Phi) is 6.52. The lowest BCUT2D eigenvalue weighted by Gasteiger charge is -2.16. The number of amides is 1. The van der Waals surface area contributed by atoms with Gasteiger partial charge in [0.05, 0.1) is 11.4 Å². The highest BCUT2D eigenvalue weighted by Crippen LogP contribution is 2.17. The van der Waals surface area contributed by atoms with Gasteiger partial charge in [-0.1, -0.05) is 12.1 Å². The number of benzene rings is 1. The van der Waals surface area contributed by atoms with Crippen LogP contribution in [0.25, 0.3) is 0 Å². The highest BCUT2D eigenvalue weighted by atomic mass is 32.2. The lowest BCUT2D eigenvalue weighted by molar-refractivity contribution is -0.120. The van der Waals surface area contributed by atoms with Gasteiger partial charge < -0.3 is 10.6 Å². The molecule has 1 atom stereocenters. The largest absolute Gasteiger partial charge is 0.353 e. The first-order valence-electron chi connectivity index (χ1n) is 7.20. The second kappa shape index (κ2) is 7.71. The highest BCUT2D eigenvalue weighted by Gasteiger charge is 2.17. The summed E-state index contributed by atoms with van der Waals surface area (Å²) in [7, 11) is -0.408. The topological polar surface area (TPSA) is 78.5 Å². The Morgan fingerprint density at radius 1 is 1.14 bits per heavy atom. The fraction of sp³-hybridized carbons (Fsp3) is 0.533. The van der Waals surface area contributed by atoms with Crippen molar-refractivity contribution in [3.05, 3.63) is 29.8 Å². The van der Waals surface area contributed by atoms with Crippen molar-refractivity contribution in [2.45, 2.75) is 37.8 Å². The van der Waals surface area contributed by atoms with Crippen LogP contribution >= 0.6 is 0 Å². The summed E-state index contributed by atoms with van der Waals surface area (Å²) in [5.74, 6) is -0.0614. The Bertz CT molecular complexity index is 595. The minimum absolute atomic E-state index is 0.0472. The van der Waals surface area contributed by atoms with Crippen LogP contribution in [0.3, 0.4) is 0 Å². The van der Waals surface area contributed by atoms with Crippen LogP contribution in [0.15, 0.2) is 29.2 Å². The van der Waals surface area contributed by atoms with Gasteiger partial charge in [-0.3, -0.25) is 4.79 Å². The van der Waals surface area contributed by atoms with Crippen molar-refractivity contribution >= 4 is 15.9 Å². The first-order chi connectivity index (χ1) is 10.1. The molecule has 22 heavy (non-hydrogen) atoms. The van der Waals surface area contributed by atoms with Crippen molar-refractivity contribution in [3.8, 4) is 0 Å². The van der Waals surface area contributed by atoms with Crippen molar-refractivity contribution in [2.24, 2.45) is 0 Å². The van der Waals surface area contributed by atoms with Crippen molar-refractivity contribution in [1.29, 1.82) is 0 Å². The molecule has 0 aromatic heterocycles. The molecule has 0 bridgehead atoms. The van der Waals surface area contributed by atoms with E-state index in [1.165, 1.54) is 18.4 Å². The molecule has 0 heterocycles. The monoisotopic (exact) mass is 327 g/mol.